The van der Waals surface area contributed by atoms with E-state index in [2.05, 4.69) is 0 Å². The average molecular weight is 249 g/mol. The summed E-state index contributed by atoms with van der Waals surface area (Å²) < 4.78 is 5.06. The first-order valence-electron chi connectivity index (χ1n) is 5.67. The number of likely N-dealkylation sites (tertiary alicyclic amines) is 1. The van der Waals surface area contributed by atoms with E-state index in [0.717, 1.165) is 5.56 Å². The van der Waals surface area contributed by atoms with Gasteiger partial charge in [-0.1, -0.05) is 12.1 Å². The Labute approximate surface area is 105 Å². The molecule has 1 aliphatic rings. The van der Waals surface area contributed by atoms with Gasteiger partial charge in [0.15, 0.2) is 0 Å². The highest BCUT2D eigenvalue weighted by Crippen LogP contribution is 2.37. The molecule has 5 nitrogen and oxygen atoms in total. The van der Waals surface area contributed by atoms with Crippen molar-refractivity contribution < 1.29 is 19.4 Å². The van der Waals surface area contributed by atoms with E-state index in [1.54, 1.807) is 38.4 Å². The molecule has 0 unspecified atom stereocenters. The lowest BCUT2D eigenvalue weighted by atomic mass is 9.94. The average Bonchev–Trinajstić information content (AvgIpc) is 2.66. The summed E-state index contributed by atoms with van der Waals surface area (Å²) in [5.41, 5.74) is 0.816. The Bertz CT molecular complexity index is 468. The number of ether oxygens (including phenoxy) is 1. The second-order valence-electron chi connectivity index (χ2n) is 4.37. The lowest BCUT2D eigenvalue weighted by Gasteiger charge is -2.23. The predicted molar refractivity (Wildman–Crippen MR) is 64.2 cm³/mol. The summed E-state index contributed by atoms with van der Waals surface area (Å²) in [6.07, 6.45) is 0.0581. The zero-order chi connectivity index (χ0) is 13.3. The van der Waals surface area contributed by atoms with Gasteiger partial charge in [-0.25, -0.2) is 0 Å². The fourth-order valence-electron chi connectivity index (χ4n) is 2.35. The van der Waals surface area contributed by atoms with Crippen LogP contribution in [-0.2, 0) is 9.59 Å². The SMILES string of the molecule is COc1ccc([C@H]2[C@@H](C(=O)O)CC(=O)N2C)cc1. The lowest BCUT2D eigenvalue weighted by molar-refractivity contribution is -0.142. The fourth-order valence-corrected chi connectivity index (χ4v) is 2.35. The molecule has 0 aromatic heterocycles. The number of nitrogens with zero attached hydrogens (tertiary/aromatic N) is 1. The summed E-state index contributed by atoms with van der Waals surface area (Å²) in [7, 11) is 3.21. The van der Waals surface area contributed by atoms with Gasteiger partial charge in [-0.05, 0) is 17.7 Å². The quantitative estimate of drug-likeness (QED) is 0.876. The van der Waals surface area contributed by atoms with E-state index in [-0.39, 0.29) is 12.3 Å². The standard InChI is InChI=1S/C13H15NO4/c1-14-11(15)7-10(13(16)17)12(14)8-3-5-9(18-2)6-4-8/h3-6,10,12H,7H2,1-2H3,(H,16,17)/t10-,12-/m0/s1. The molecular formula is C13H15NO4. The molecule has 1 saturated heterocycles. The summed E-state index contributed by atoms with van der Waals surface area (Å²) in [5.74, 6) is -1.05. The highest BCUT2D eigenvalue weighted by molar-refractivity contribution is 5.87. The number of amides is 1. The summed E-state index contributed by atoms with van der Waals surface area (Å²) in [5, 5.41) is 9.18. The molecule has 2 rings (SSSR count). The van der Waals surface area contributed by atoms with Crippen molar-refractivity contribution in [2.24, 2.45) is 5.92 Å². The smallest absolute Gasteiger partial charge is 0.309 e. The molecule has 0 bridgehead atoms. The van der Waals surface area contributed by atoms with Crippen molar-refractivity contribution in [1.29, 1.82) is 0 Å². The second-order valence-corrected chi connectivity index (χ2v) is 4.37. The van der Waals surface area contributed by atoms with Gasteiger partial charge in [0.05, 0.1) is 19.1 Å². The van der Waals surface area contributed by atoms with Crippen molar-refractivity contribution in [2.75, 3.05) is 14.2 Å². The monoisotopic (exact) mass is 249 g/mol. The van der Waals surface area contributed by atoms with Gasteiger partial charge >= 0.3 is 5.97 Å². The Morgan fingerprint density at radius 1 is 1.39 bits per heavy atom. The normalized spacial score (nSPS) is 23.2. The zero-order valence-corrected chi connectivity index (χ0v) is 10.3. The minimum absolute atomic E-state index is 0.0581. The summed E-state index contributed by atoms with van der Waals surface area (Å²) in [6.45, 7) is 0. The molecule has 0 aliphatic carbocycles. The van der Waals surface area contributed by atoms with Gasteiger partial charge in [-0.3, -0.25) is 9.59 Å². The van der Waals surface area contributed by atoms with Gasteiger partial charge in [-0.2, -0.15) is 0 Å². The van der Waals surface area contributed by atoms with E-state index >= 15 is 0 Å². The third kappa shape index (κ3) is 2.03. The first-order valence-corrected chi connectivity index (χ1v) is 5.67. The fraction of sp³-hybridized carbons (Fsp3) is 0.385. The Morgan fingerprint density at radius 2 is 2.00 bits per heavy atom. The first kappa shape index (κ1) is 12.4. The molecule has 1 aromatic carbocycles. The Hall–Kier alpha value is -2.04. The number of methoxy groups -OCH3 is 1. The molecule has 96 valence electrons. The Kier molecular flexibility index (Phi) is 3.23. The highest BCUT2D eigenvalue weighted by atomic mass is 16.5. The zero-order valence-electron chi connectivity index (χ0n) is 10.3. The van der Waals surface area contributed by atoms with Gasteiger partial charge in [0, 0.05) is 13.5 Å². The van der Waals surface area contributed by atoms with Crippen LogP contribution in [0, 0.1) is 5.92 Å². The molecule has 2 atom stereocenters. The van der Waals surface area contributed by atoms with Crippen LogP contribution in [0.2, 0.25) is 0 Å². The molecule has 5 heteroatoms. The van der Waals surface area contributed by atoms with Crippen LogP contribution in [-0.4, -0.2) is 36.0 Å². The van der Waals surface area contributed by atoms with E-state index in [4.69, 9.17) is 4.74 Å². The number of carboxylic acid groups (broad SMARTS) is 1. The number of benzene rings is 1. The van der Waals surface area contributed by atoms with Gasteiger partial charge in [0.1, 0.15) is 5.75 Å². The largest absolute Gasteiger partial charge is 0.497 e. The predicted octanol–water partition coefficient (Wildman–Crippen LogP) is 1.30. The minimum atomic E-state index is -0.937. The number of carbonyl (C=O) groups is 2. The maximum atomic E-state index is 11.6. The maximum Gasteiger partial charge on any atom is 0.309 e. The summed E-state index contributed by atoms with van der Waals surface area (Å²) in [6, 6.07) is 6.74. The third-order valence-electron chi connectivity index (χ3n) is 3.36. The third-order valence-corrected chi connectivity index (χ3v) is 3.36. The number of carboxylic acids is 1. The maximum absolute atomic E-state index is 11.6. The van der Waals surface area contributed by atoms with Gasteiger partial charge < -0.3 is 14.7 Å². The number of hydrogen-bond donors (Lipinski definition) is 1. The molecule has 0 radical (unpaired) electrons. The summed E-state index contributed by atoms with van der Waals surface area (Å²) in [4.78, 5) is 24.3. The van der Waals surface area contributed by atoms with Crippen LogP contribution < -0.4 is 4.74 Å². The van der Waals surface area contributed by atoms with Gasteiger partial charge in [-0.15, -0.1) is 0 Å². The number of aliphatic carboxylic acids is 1. The van der Waals surface area contributed by atoms with Crippen molar-refractivity contribution in [3.05, 3.63) is 29.8 Å². The van der Waals surface area contributed by atoms with Crippen molar-refractivity contribution in [2.45, 2.75) is 12.5 Å². The van der Waals surface area contributed by atoms with Crippen LogP contribution in [0.3, 0.4) is 0 Å². The van der Waals surface area contributed by atoms with Crippen LogP contribution in [0.5, 0.6) is 5.75 Å². The molecule has 1 fully saturated rings. The van der Waals surface area contributed by atoms with Crippen molar-refractivity contribution >= 4 is 11.9 Å². The molecule has 1 aliphatic heterocycles. The van der Waals surface area contributed by atoms with Crippen LogP contribution in [0.25, 0.3) is 0 Å². The lowest BCUT2D eigenvalue weighted by Crippen LogP contribution is -2.26. The second kappa shape index (κ2) is 4.68. The van der Waals surface area contributed by atoms with E-state index in [1.165, 1.54) is 4.90 Å². The van der Waals surface area contributed by atoms with Crippen LogP contribution in [0.1, 0.15) is 18.0 Å². The van der Waals surface area contributed by atoms with E-state index in [9.17, 15) is 14.7 Å². The Balaban J connectivity index is 2.33. The van der Waals surface area contributed by atoms with E-state index in [0.29, 0.717) is 5.75 Å². The van der Waals surface area contributed by atoms with Crippen molar-refractivity contribution in [3.63, 3.8) is 0 Å². The minimum Gasteiger partial charge on any atom is -0.497 e. The first-order chi connectivity index (χ1) is 8.54. The molecular weight excluding hydrogens is 234 g/mol. The number of carbonyl (C=O) groups excluding carboxylic acids is 1. The molecule has 0 saturated carbocycles. The van der Waals surface area contributed by atoms with Crippen LogP contribution >= 0.6 is 0 Å². The molecule has 1 aromatic rings. The molecule has 1 amide bonds. The van der Waals surface area contributed by atoms with E-state index < -0.39 is 17.9 Å². The van der Waals surface area contributed by atoms with Gasteiger partial charge in [0.2, 0.25) is 5.91 Å². The van der Waals surface area contributed by atoms with E-state index in [1.807, 2.05) is 0 Å². The molecule has 18 heavy (non-hydrogen) atoms. The highest BCUT2D eigenvalue weighted by Gasteiger charge is 2.42. The molecule has 0 spiro atoms. The molecule has 1 N–H and O–H groups in total. The number of hydrogen-bond acceptors (Lipinski definition) is 3. The molecule has 1 heterocycles. The topological polar surface area (TPSA) is 66.8 Å². The van der Waals surface area contributed by atoms with Crippen LogP contribution in [0.15, 0.2) is 24.3 Å². The van der Waals surface area contributed by atoms with Crippen molar-refractivity contribution in [3.8, 4) is 5.75 Å². The van der Waals surface area contributed by atoms with Crippen molar-refractivity contribution in [1.82, 2.24) is 4.90 Å². The number of rotatable bonds is 3. The Morgan fingerprint density at radius 3 is 2.50 bits per heavy atom. The van der Waals surface area contributed by atoms with Crippen LogP contribution in [0.4, 0.5) is 0 Å². The van der Waals surface area contributed by atoms with Gasteiger partial charge in [0.25, 0.3) is 0 Å². The summed E-state index contributed by atoms with van der Waals surface area (Å²) >= 11 is 0.